The highest BCUT2D eigenvalue weighted by atomic mass is 32.2. The first kappa shape index (κ1) is 16.9. The lowest BCUT2D eigenvalue weighted by atomic mass is 10.2. The van der Waals surface area contributed by atoms with Crippen molar-refractivity contribution >= 4 is 28.0 Å². The van der Waals surface area contributed by atoms with Crippen LogP contribution in [0.1, 0.15) is 5.56 Å². The van der Waals surface area contributed by atoms with Crippen molar-refractivity contribution in [1.29, 1.82) is 0 Å². The molecule has 0 aliphatic rings. The number of carboxylic acid groups (broad SMARTS) is 1. The molecule has 114 valence electrons. The van der Waals surface area contributed by atoms with E-state index in [4.69, 9.17) is 5.11 Å². The van der Waals surface area contributed by atoms with Crippen LogP contribution in [0.2, 0.25) is 0 Å². The summed E-state index contributed by atoms with van der Waals surface area (Å²) in [5, 5.41) is 10.9. The maximum absolute atomic E-state index is 12.2. The van der Waals surface area contributed by atoms with Gasteiger partial charge in [0.05, 0.1) is 11.4 Å². The minimum atomic E-state index is -3.76. The fourth-order valence-electron chi connectivity index (χ4n) is 1.46. The van der Waals surface area contributed by atoms with Gasteiger partial charge in [-0.25, -0.2) is 13.2 Å². The normalized spacial score (nSPS) is 11.8. The van der Waals surface area contributed by atoms with Gasteiger partial charge in [-0.3, -0.25) is 4.79 Å². The number of hydrogen-bond donors (Lipinski definition) is 2. The predicted octanol–water partition coefficient (Wildman–Crippen LogP) is 0.151. The van der Waals surface area contributed by atoms with Gasteiger partial charge in [-0.05, 0) is 23.8 Å². The number of carbonyl (C=O) groups excluding carboxylic acids is 1. The zero-order chi connectivity index (χ0) is 16.0. The third-order valence-electron chi connectivity index (χ3n) is 2.65. The summed E-state index contributed by atoms with van der Waals surface area (Å²) in [6.45, 7) is -0.278. The summed E-state index contributed by atoms with van der Waals surface area (Å²) in [5.41, 5.74) is 0.560. The zero-order valence-electron chi connectivity index (χ0n) is 11.6. The Morgan fingerprint density at radius 2 is 1.86 bits per heavy atom. The lowest BCUT2D eigenvalue weighted by Gasteiger charge is -2.16. The number of likely N-dealkylation sites (N-methyl/N-ethyl adjacent to an activating group) is 2. The number of nitrogens with zero attached hydrogens (tertiary/aromatic N) is 1. The first-order valence-corrected chi connectivity index (χ1v) is 7.39. The zero-order valence-corrected chi connectivity index (χ0v) is 12.4. The molecule has 2 N–H and O–H groups in total. The SMILES string of the molecule is CNC(=O)CN(C)S(=O)(=O)c1ccc(/C=C/C(=O)O)cc1. The average Bonchev–Trinajstić information content (AvgIpc) is 2.45. The molecule has 7 nitrogen and oxygen atoms in total. The summed E-state index contributed by atoms with van der Waals surface area (Å²) in [6.07, 6.45) is 2.31. The van der Waals surface area contributed by atoms with Gasteiger partial charge in [0, 0.05) is 20.2 Å². The van der Waals surface area contributed by atoms with Gasteiger partial charge >= 0.3 is 5.97 Å². The molecule has 8 heteroatoms. The Hall–Kier alpha value is -2.19. The van der Waals surface area contributed by atoms with Gasteiger partial charge in [-0.2, -0.15) is 4.31 Å². The van der Waals surface area contributed by atoms with E-state index < -0.39 is 21.9 Å². The summed E-state index contributed by atoms with van der Waals surface area (Å²) in [5.74, 6) is -1.50. The van der Waals surface area contributed by atoms with Crippen molar-refractivity contribution in [3.8, 4) is 0 Å². The molecule has 1 rings (SSSR count). The van der Waals surface area contributed by atoms with E-state index in [9.17, 15) is 18.0 Å². The van der Waals surface area contributed by atoms with E-state index in [1.165, 1.54) is 44.4 Å². The van der Waals surface area contributed by atoms with Crippen molar-refractivity contribution in [1.82, 2.24) is 9.62 Å². The number of rotatable bonds is 6. The largest absolute Gasteiger partial charge is 0.478 e. The third-order valence-corrected chi connectivity index (χ3v) is 4.47. The van der Waals surface area contributed by atoms with Crippen molar-refractivity contribution < 1.29 is 23.1 Å². The smallest absolute Gasteiger partial charge is 0.328 e. The molecule has 0 aliphatic heterocycles. The molecule has 21 heavy (non-hydrogen) atoms. The van der Waals surface area contributed by atoms with Crippen molar-refractivity contribution in [3.05, 3.63) is 35.9 Å². The molecule has 1 amide bonds. The number of benzene rings is 1. The lowest BCUT2D eigenvalue weighted by molar-refractivity contribution is -0.131. The van der Waals surface area contributed by atoms with Crippen LogP contribution in [0.25, 0.3) is 6.08 Å². The topological polar surface area (TPSA) is 104 Å². The fourth-order valence-corrected chi connectivity index (χ4v) is 2.59. The molecule has 0 saturated heterocycles. The fraction of sp³-hybridized carbons (Fsp3) is 0.231. The predicted molar refractivity (Wildman–Crippen MR) is 77.0 cm³/mol. The van der Waals surface area contributed by atoms with Crippen LogP contribution in [0.5, 0.6) is 0 Å². The second kappa shape index (κ2) is 7.00. The Morgan fingerprint density at radius 1 is 1.29 bits per heavy atom. The van der Waals surface area contributed by atoms with Gasteiger partial charge in [-0.1, -0.05) is 12.1 Å². The quantitative estimate of drug-likeness (QED) is 0.728. The summed E-state index contributed by atoms with van der Waals surface area (Å²) < 4.78 is 25.3. The maximum atomic E-state index is 12.2. The summed E-state index contributed by atoms with van der Waals surface area (Å²) in [7, 11) is -1.03. The van der Waals surface area contributed by atoms with Crippen LogP contribution < -0.4 is 5.32 Å². The number of hydrogen-bond acceptors (Lipinski definition) is 4. The molecule has 0 fully saturated rings. The van der Waals surface area contributed by atoms with Gasteiger partial charge in [0.2, 0.25) is 15.9 Å². The minimum absolute atomic E-state index is 0.0291. The molecule has 0 atom stereocenters. The van der Waals surface area contributed by atoms with E-state index >= 15 is 0 Å². The van der Waals surface area contributed by atoms with Gasteiger partial charge in [0.15, 0.2) is 0 Å². The molecule has 0 saturated carbocycles. The van der Waals surface area contributed by atoms with E-state index in [1.807, 2.05) is 0 Å². The van der Waals surface area contributed by atoms with E-state index in [0.717, 1.165) is 10.4 Å². The van der Waals surface area contributed by atoms with Crippen LogP contribution in [0.4, 0.5) is 0 Å². The molecular formula is C13H16N2O5S. The number of nitrogens with one attached hydrogen (secondary N) is 1. The Morgan fingerprint density at radius 3 is 2.33 bits per heavy atom. The van der Waals surface area contributed by atoms with Crippen LogP contribution in [-0.4, -0.2) is 50.3 Å². The third kappa shape index (κ3) is 4.69. The van der Waals surface area contributed by atoms with E-state index in [-0.39, 0.29) is 11.4 Å². The molecule has 1 aromatic carbocycles. The lowest BCUT2D eigenvalue weighted by Crippen LogP contribution is -2.36. The Balaban J connectivity index is 2.94. The minimum Gasteiger partial charge on any atom is -0.478 e. The molecular weight excluding hydrogens is 296 g/mol. The second-order valence-electron chi connectivity index (χ2n) is 4.17. The van der Waals surface area contributed by atoms with Crippen molar-refractivity contribution in [2.45, 2.75) is 4.90 Å². The summed E-state index contributed by atoms with van der Waals surface area (Å²) >= 11 is 0. The van der Waals surface area contributed by atoms with Crippen LogP contribution in [0.3, 0.4) is 0 Å². The molecule has 0 spiro atoms. The number of sulfonamides is 1. The van der Waals surface area contributed by atoms with E-state index in [1.54, 1.807) is 0 Å². The van der Waals surface area contributed by atoms with Gasteiger partial charge in [-0.15, -0.1) is 0 Å². The number of amides is 1. The summed E-state index contributed by atoms with van der Waals surface area (Å²) in [4.78, 5) is 21.6. The molecule has 0 unspecified atom stereocenters. The second-order valence-corrected chi connectivity index (χ2v) is 6.22. The Kier molecular flexibility index (Phi) is 5.62. The van der Waals surface area contributed by atoms with Gasteiger partial charge in [0.1, 0.15) is 0 Å². The van der Waals surface area contributed by atoms with Crippen LogP contribution in [-0.2, 0) is 19.6 Å². The monoisotopic (exact) mass is 312 g/mol. The maximum Gasteiger partial charge on any atom is 0.328 e. The molecule has 0 radical (unpaired) electrons. The van der Waals surface area contributed by atoms with Crippen molar-refractivity contribution in [2.75, 3.05) is 20.6 Å². The molecule has 1 aromatic rings. The van der Waals surface area contributed by atoms with Crippen LogP contribution in [0, 0.1) is 0 Å². The number of carboxylic acids is 1. The molecule has 0 heterocycles. The first-order valence-electron chi connectivity index (χ1n) is 5.95. The van der Waals surface area contributed by atoms with E-state index in [2.05, 4.69) is 5.32 Å². The van der Waals surface area contributed by atoms with Gasteiger partial charge in [0.25, 0.3) is 0 Å². The molecule has 0 aliphatic carbocycles. The van der Waals surface area contributed by atoms with Crippen LogP contribution >= 0.6 is 0 Å². The molecule has 0 aromatic heterocycles. The number of carbonyl (C=O) groups is 2. The highest BCUT2D eigenvalue weighted by Gasteiger charge is 2.22. The average molecular weight is 312 g/mol. The first-order chi connectivity index (χ1) is 9.77. The molecule has 0 bridgehead atoms. The Bertz CT molecular complexity index is 650. The highest BCUT2D eigenvalue weighted by Crippen LogP contribution is 2.15. The standard InChI is InChI=1S/C13H16N2O5S/c1-14-12(16)9-15(2)21(19,20)11-6-3-10(4-7-11)5-8-13(17)18/h3-8H,9H2,1-2H3,(H,14,16)(H,17,18)/b8-5+. The van der Waals surface area contributed by atoms with E-state index in [0.29, 0.717) is 5.56 Å². The van der Waals surface area contributed by atoms with Gasteiger partial charge < -0.3 is 10.4 Å². The number of aliphatic carboxylic acids is 1. The van der Waals surface area contributed by atoms with Crippen LogP contribution in [0.15, 0.2) is 35.2 Å². The highest BCUT2D eigenvalue weighted by molar-refractivity contribution is 7.89. The Labute approximate surface area is 122 Å². The van der Waals surface area contributed by atoms with Crippen molar-refractivity contribution in [2.24, 2.45) is 0 Å². The van der Waals surface area contributed by atoms with Crippen molar-refractivity contribution in [3.63, 3.8) is 0 Å². The summed E-state index contributed by atoms with van der Waals surface area (Å²) in [6, 6.07) is 5.69.